The van der Waals surface area contributed by atoms with Crippen LogP contribution in [0.15, 0.2) is 18.2 Å². The van der Waals surface area contributed by atoms with Crippen LogP contribution in [0.3, 0.4) is 0 Å². The number of hydrogen-bond donors (Lipinski definition) is 2. The second-order valence-corrected chi connectivity index (χ2v) is 5.56. The van der Waals surface area contributed by atoms with Gasteiger partial charge in [-0.2, -0.15) is 0 Å². The number of aromatic carboxylic acids is 1. The first kappa shape index (κ1) is 15.8. The van der Waals surface area contributed by atoms with Gasteiger partial charge >= 0.3 is 5.97 Å². The maximum Gasteiger partial charge on any atom is 0.338 e. The molecule has 21 heavy (non-hydrogen) atoms. The van der Waals surface area contributed by atoms with Crippen LogP contribution >= 0.6 is 0 Å². The fraction of sp³-hybridized carbons (Fsp3) is 0.562. The number of piperidine rings is 1. The Balaban J connectivity index is 2.04. The predicted octanol–water partition coefficient (Wildman–Crippen LogP) is 2.36. The van der Waals surface area contributed by atoms with E-state index in [1.807, 2.05) is 12.1 Å². The van der Waals surface area contributed by atoms with Crippen molar-refractivity contribution in [2.24, 2.45) is 0 Å². The van der Waals surface area contributed by atoms with Gasteiger partial charge in [-0.3, -0.25) is 4.90 Å². The molecule has 5 heteroatoms. The lowest BCUT2D eigenvalue weighted by molar-refractivity contribution is -0.00229. The molecule has 1 fully saturated rings. The van der Waals surface area contributed by atoms with E-state index in [1.54, 1.807) is 6.07 Å². The molecule has 1 unspecified atom stereocenters. The number of ether oxygens (including phenoxy) is 1. The minimum atomic E-state index is -0.959. The first-order valence-corrected chi connectivity index (χ1v) is 7.56. The monoisotopic (exact) mass is 292 g/mol. The maximum absolute atomic E-state index is 11.4. The van der Waals surface area contributed by atoms with Crippen LogP contribution in [0, 0.1) is 0 Å². The molecule has 0 saturated carbocycles. The SMILES string of the molecule is CCCOC1CCCN(Cc2cccc(N)c2C(=O)O)C1. The molecule has 1 atom stereocenters. The van der Waals surface area contributed by atoms with E-state index in [9.17, 15) is 9.90 Å². The van der Waals surface area contributed by atoms with E-state index < -0.39 is 5.97 Å². The molecular weight excluding hydrogens is 268 g/mol. The lowest BCUT2D eigenvalue weighted by atomic mass is 10.0. The van der Waals surface area contributed by atoms with Crippen LogP contribution in [-0.2, 0) is 11.3 Å². The Morgan fingerprint density at radius 2 is 2.33 bits per heavy atom. The van der Waals surface area contributed by atoms with Crippen molar-refractivity contribution in [1.29, 1.82) is 0 Å². The summed E-state index contributed by atoms with van der Waals surface area (Å²) in [7, 11) is 0. The first-order valence-electron chi connectivity index (χ1n) is 7.56. The van der Waals surface area contributed by atoms with Gasteiger partial charge in [-0.15, -0.1) is 0 Å². The molecule has 2 rings (SSSR count). The molecule has 1 heterocycles. The fourth-order valence-electron chi connectivity index (χ4n) is 2.83. The molecule has 0 radical (unpaired) electrons. The third-order valence-corrected chi connectivity index (χ3v) is 3.81. The van der Waals surface area contributed by atoms with E-state index in [4.69, 9.17) is 10.5 Å². The number of carboxylic acids is 1. The van der Waals surface area contributed by atoms with Gasteiger partial charge in [0, 0.05) is 25.4 Å². The first-order chi connectivity index (χ1) is 10.1. The predicted molar refractivity (Wildman–Crippen MR) is 82.4 cm³/mol. The van der Waals surface area contributed by atoms with E-state index in [0.29, 0.717) is 12.2 Å². The quantitative estimate of drug-likeness (QED) is 0.787. The van der Waals surface area contributed by atoms with Gasteiger partial charge in [0.2, 0.25) is 0 Å². The Bertz CT molecular complexity index is 490. The van der Waals surface area contributed by atoms with Crippen LogP contribution in [0.1, 0.15) is 42.1 Å². The van der Waals surface area contributed by atoms with Crippen molar-refractivity contribution >= 4 is 11.7 Å². The molecule has 1 aromatic rings. The normalized spacial score (nSPS) is 19.6. The van der Waals surface area contributed by atoms with Gasteiger partial charge in [0.25, 0.3) is 0 Å². The van der Waals surface area contributed by atoms with E-state index in [1.165, 1.54) is 0 Å². The number of carbonyl (C=O) groups is 1. The van der Waals surface area contributed by atoms with Gasteiger partial charge in [0.15, 0.2) is 0 Å². The Hall–Kier alpha value is -1.59. The number of hydrogen-bond acceptors (Lipinski definition) is 4. The smallest absolute Gasteiger partial charge is 0.338 e. The summed E-state index contributed by atoms with van der Waals surface area (Å²) < 4.78 is 5.82. The number of nitrogens with two attached hydrogens (primary N) is 1. The molecule has 1 saturated heterocycles. The molecule has 116 valence electrons. The molecular formula is C16H24N2O3. The minimum absolute atomic E-state index is 0.231. The Kier molecular flexibility index (Phi) is 5.59. The van der Waals surface area contributed by atoms with E-state index in [0.717, 1.165) is 44.5 Å². The highest BCUT2D eigenvalue weighted by Crippen LogP contribution is 2.21. The zero-order chi connectivity index (χ0) is 15.2. The molecule has 0 amide bonds. The molecule has 0 spiro atoms. The number of rotatable bonds is 6. The maximum atomic E-state index is 11.4. The van der Waals surface area contributed by atoms with Crippen molar-refractivity contribution in [3.05, 3.63) is 29.3 Å². The van der Waals surface area contributed by atoms with Gasteiger partial charge in [-0.05, 0) is 37.4 Å². The third-order valence-electron chi connectivity index (χ3n) is 3.81. The molecule has 1 aliphatic rings. The van der Waals surface area contributed by atoms with E-state index in [-0.39, 0.29) is 11.7 Å². The van der Waals surface area contributed by atoms with E-state index in [2.05, 4.69) is 11.8 Å². The number of likely N-dealkylation sites (tertiary alicyclic amines) is 1. The third kappa shape index (κ3) is 4.19. The van der Waals surface area contributed by atoms with Crippen molar-refractivity contribution in [3.8, 4) is 0 Å². The van der Waals surface area contributed by atoms with Gasteiger partial charge in [-0.1, -0.05) is 19.1 Å². The highest BCUT2D eigenvalue weighted by molar-refractivity contribution is 5.95. The number of anilines is 1. The van der Waals surface area contributed by atoms with Crippen molar-refractivity contribution in [3.63, 3.8) is 0 Å². The van der Waals surface area contributed by atoms with Crippen LogP contribution in [-0.4, -0.2) is 41.8 Å². The van der Waals surface area contributed by atoms with Crippen LogP contribution in [0.4, 0.5) is 5.69 Å². The van der Waals surface area contributed by atoms with Crippen LogP contribution in [0.25, 0.3) is 0 Å². The molecule has 0 aromatic heterocycles. The number of nitrogens with zero attached hydrogens (tertiary/aromatic N) is 1. The molecule has 1 aromatic carbocycles. The standard InChI is InChI=1S/C16H24N2O3/c1-2-9-21-13-6-4-8-18(11-13)10-12-5-3-7-14(17)15(12)16(19)20/h3,5,7,13H,2,4,6,8-11,17H2,1H3,(H,19,20). The molecule has 0 aliphatic carbocycles. The summed E-state index contributed by atoms with van der Waals surface area (Å²) in [6, 6.07) is 5.29. The minimum Gasteiger partial charge on any atom is -0.478 e. The van der Waals surface area contributed by atoms with Gasteiger partial charge < -0.3 is 15.6 Å². The van der Waals surface area contributed by atoms with Crippen molar-refractivity contribution in [2.45, 2.75) is 38.8 Å². The topological polar surface area (TPSA) is 75.8 Å². The summed E-state index contributed by atoms with van der Waals surface area (Å²) in [5.74, 6) is -0.959. The van der Waals surface area contributed by atoms with Crippen LogP contribution in [0.2, 0.25) is 0 Å². The summed E-state index contributed by atoms with van der Waals surface area (Å²) in [4.78, 5) is 13.6. The number of carboxylic acid groups (broad SMARTS) is 1. The largest absolute Gasteiger partial charge is 0.478 e. The highest BCUT2D eigenvalue weighted by atomic mass is 16.5. The highest BCUT2D eigenvalue weighted by Gasteiger charge is 2.22. The summed E-state index contributed by atoms with van der Waals surface area (Å²) in [5.41, 5.74) is 7.13. The zero-order valence-corrected chi connectivity index (χ0v) is 12.5. The van der Waals surface area contributed by atoms with Gasteiger partial charge in [-0.25, -0.2) is 4.79 Å². The Morgan fingerprint density at radius 1 is 1.52 bits per heavy atom. The van der Waals surface area contributed by atoms with Crippen molar-refractivity contribution in [1.82, 2.24) is 4.90 Å². The summed E-state index contributed by atoms with van der Waals surface area (Å²) in [5, 5.41) is 9.32. The average molecular weight is 292 g/mol. The molecule has 3 N–H and O–H groups in total. The Labute approximate surface area is 125 Å². The lowest BCUT2D eigenvalue weighted by Gasteiger charge is -2.33. The van der Waals surface area contributed by atoms with E-state index >= 15 is 0 Å². The van der Waals surface area contributed by atoms with Crippen molar-refractivity contribution in [2.75, 3.05) is 25.4 Å². The van der Waals surface area contributed by atoms with Crippen LogP contribution in [0.5, 0.6) is 0 Å². The number of benzene rings is 1. The summed E-state index contributed by atoms with van der Waals surface area (Å²) in [6.45, 7) is 5.33. The second-order valence-electron chi connectivity index (χ2n) is 5.56. The fourth-order valence-corrected chi connectivity index (χ4v) is 2.83. The molecule has 5 nitrogen and oxygen atoms in total. The average Bonchev–Trinajstić information content (AvgIpc) is 2.45. The van der Waals surface area contributed by atoms with Crippen molar-refractivity contribution < 1.29 is 14.6 Å². The second kappa shape index (κ2) is 7.43. The van der Waals surface area contributed by atoms with Gasteiger partial charge in [0.1, 0.15) is 0 Å². The summed E-state index contributed by atoms with van der Waals surface area (Å²) in [6.07, 6.45) is 3.45. The zero-order valence-electron chi connectivity index (χ0n) is 12.5. The Morgan fingerprint density at radius 3 is 3.05 bits per heavy atom. The van der Waals surface area contributed by atoms with Gasteiger partial charge in [0.05, 0.1) is 11.7 Å². The lowest BCUT2D eigenvalue weighted by Crippen LogP contribution is -2.39. The number of nitrogen functional groups attached to an aromatic ring is 1. The molecule has 0 bridgehead atoms. The van der Waals surface area contributed by atoms with Crippen LogP contribution < -0.4 is 5.73 Å². The summed E-state index contributed by atoms with van der Waals surface area (Å²) >= 11 is 0. The molecule has 1 aliphatic heterocycles.